The molecule has 0 aromatic heterocycles. The van der Waals surface area contributed by atoms with Crippen LogP contribution >= 0.6 is 0 Å². The van der Waals surface area contributed by atoms with Gasteiger partial charge in [0.15, 0.2) is 0 Å². The van der Waals surface area contributed by atoms with Crippen LogP contribution in [0, 0.1) is 13.8 Å². The van der Waals surface area contributed by atoms with Crippen LogP contribution < -0.4 is 4.74 Å². The maximum atomic E-state index is 6.24. The Bertz CT molecular complexity index is 665. The third-order valence-corrected chi connectivity index (χ3v) is 4.20. The molecular formula is C22H30O. The van der Waals surface area contributed by atoms with E-state index in [2.05, 4.69) is 91.8 Å². The molecular weight excluding hydrogens is 280 g/mol. The predicted molar refractivity (Wildman–Crippen MR) is 99.8 cm³/mol. The Kier molecular flexibility index (Phi) is 4.61. The quantitative estimate of drug-likeness (QED) is 0.600. The van der Waals surface area contributed by atoms with Crippen LogP contribution in [0.25, 0.3) is 0 Å². The molecule has 0 amide bonds. The van der Waals surface area contributed by atoms with Crippen LogP contribution in [0.5, 0.6) is 11.5 Å². The summed E-state index contributed by atoms with van der Waals surface area (Å²) in [6.07, 6.45) is 0. The summed E-state index contributed by atoms with van der Waals surface area (Å²) in [5, 5.41) is 0. The standard InChI is InChI=1S/C22H30O/c1-15-9-10-20(16(2)11-15)23-19-13-17(21(3,4)5)12-18(14-19)22(6,7)8/h9-14H,1-8H3. The third-order valence-electron chi connectivity index (χ3n) is 4.20. The Morgan fingerprint density at radius 3 is 1.65 bits per heavy atom. The lowest BCUT2D eigenvalue weighted by Crippen LogP contribution is -2.16. The third kappa shape index (κ3) is 4.37. The Balaban J connectivity index is 2.49. The first kappa shape index (κ1) is 17.6. The van der Waals surface area contributed by atoms with Gasteiger partial charge in [-0.2, -0.15) is 0 Å². The summed E-state index contributed by atoms with van der Waals surface area (Å²) in [4.78, 5) is 0. The van der Waals surface area contributed by atoms with E-state index in [-0.39, 0.29) is 10.8 Å². The van der Waals surface area contributed by atoms with E-state index in [4.69, 9.17) is 4.74 Å². The molecule has 0 radical (unpaired) electrons. The number of aryl methyl sites for hydroxylation is 2. The van der Waals surface area contributed by atoms with Crippen molar-refractivity contribution in [2.45, 2.75) is 66.2 Å². The molecule has 0 atom stereocenters. The first-order valence-electron chi connectivity index (χ1n) is 8.38. The van der Waals surface area contributed by atoms with Gasteiger partial charge >= 0.3 is 0 Å². The summed E-state index contributed by atoms with van der Waals surface area (Å²) < 4.78 is 6.24. The monoisotopic (exact) mass is 310 g/mol. The number of rotatable bonds is 2. The van der Waals surface area contributed by atoms with Crippen molar-refractivity contribution >= 4 is 0 Å². The highest BCUT2D eigenvalue weighted by molar-refractivity contribution is 5.44. The van der Waals surface area contributed by atoms with Gasteiger partial charge in [0.05, 0.1) is 0 Å². The molecule has 2 aromatic rings. The fourth-order valence-corrected chi connectivity index (χ4v) is 2.56. The van der Waals surface area contributed by atoms with Gasteiger partial charge in [0.1, 0.15) is 11.5 Å². The number of hydrogen-bond acceptors (Lipinski definition) is 1. The van der Waals surface area contributed by atoms with Crippen molar-refractivity contribution in [3.05, 3.63) is 58.7 Å². The highest BCUT2D eigenvalue weighted by Crippen LogP contribution is 2.35. The second kappa shape index (κ2) is 6.03. The molecule has 23 heavy (non-hydrogen) atoms. The van der Waals surface area contributed by atoms with E-state index in [0.717, 1.165) is 11.5 Å². The van der Waals surface area contributed by atoms with E-state index < -0.39 is 0 Å². The molecule has 0 aliphatic heterocycles. The van der Waals surface area contributed by atoms with Gasteiger partial charge < -0.3 is 4.74 Å². The van der Waals surface area contributed by atoms with Gasteiger partial charge in [0.2, 0.25) is 0 Å². The Morgan fingerprint density at radius 2 is 1.22 bits per heavy atom. The van der Waals surface area contributed by atoms with Crippen LogP contribution in [0.2, 0.25) is 0 Å². The minimum Gasteiger partial charge on any atom is -0.457 e. The van der Waals surface area contributed by atoms with Crippen molar-refractivity contribution in [3.8, 4) is 11.5 Å². The van der Waals surface area contributed by atoms with E-state index in [0.29, 0.717) is 0 Å². The summed E-state index contributed by atoms with van der Waals surface area (Å²) in [5.41, 5.74) is 5.25. The lowest BCUT2D eigenvalue weighted by molar-refractivity contribution is 0.470. The minimum absolute atomic E-state index is 0.0989. The van der Waals surface area contributed by atoms with Crippen molar-refractivity contribution in [2.75, 3.05) is 0 Å². The maximum absolute atomic E-state index is 6.24. The zero-order valence-electron chi connectivity index (χ0n) is 15.9. The van der Waals surface area contributed by atoms with E-state index in [1.165, 1.54) is 22.3 Å². The average Bonchev–Trinajstić information content (AvgIpc) is 2.40. The van der Waals surface area contributed by atoms with E-state index in [9.17, 15) is 0 Å². The zero-order valence-corrected chi connectivity index (χ0v) is 15.9. The topological polar surface area (TPSA) is 9.23 Å². The highest BCUT2D eigenvalue weighted by atomic mass is 16.5. The summed E-state index contributed by atoms with van der Waals surface area (Å²) in [6, 6.07) is 13.0. The lowest BCUT2D eigenvalue weighted by Gasteiger charge is -2.26. The minimum atomic E-state index is 0.0989. The van der Waals surface area contributed by atoms with E-state index in [1.54, 1.807) is 0 Å². The summed E-state index contributed by atoms with van der Waals surface area (Å²) in [6.45, 7) is 17.7. The van der Waals surface area contributed by atoms with Gasteiger partial charge in [-0.15, -0.1) is 0 Å². The van der Waals surface area contributed by atoms with Crippen LogP contribution in [0.15, 0.2) is 36.4 Å². The van der Waals surface area contributed by atoms with Crippen LogP contribution in [-0.2, 0) is 10.8 Å². The fraction of sp³-hybridized carbons (Fsp3) is 0.455. The molecule has 0 bridgehead atoms. The molecule has 0 fully saturated rings. The number of hydrogen-bond donors (Lipinski definition) is 0. The van der Waals surface area contributed by atoms with Crippen LogP contribution in [0.4, 0.5) is 0 Å². The molecule has 0 spiro atoms. The second-order valence-corrected chi connectivity index (χ2v) is 8.62. The molecule has 2 aromatic carbocycles. The molecule has 0 heterocycles. The zero-order chi connectivity index (χ0) is 17.4. The SMILES string of the molecule is Cc1ccc(Oc2cc(C(C)(C)C)cc(C(C)(C)C)c2)c(C)c1. The van der Waals surface area contributed by atoms with Gasteiger partial charge in [0, 0.05) is 0 Å². The smallest absolute Gasteiger partial charge is 0.130 e. The normalized spacial score (nSPS) is 12.3. The summed E-state index contributed by atoms with van der Waals surface area (Å²) in [7, 11) is 0. The molecule has 0 aliphatic carbocycles. The molecule has 0 N–H and O–H groups in total. The molecule has 0 aliphatic rings. The van der Waals surface area contributed by atoms with Crippen LogP contribution in [0.3, 0.4) is 0 Å². The van der Waals surface area contributed by atoms with Gasteiger partial charge in [-0.3, -0.25) is 0 Å². The van der Waals surface area contributed by atoms with Gasteiger partial charge in [0.25, 0.3) is 0 Å². The van der Waals surface area contributed by atoms with E-state index in [1.807, 2.05) is 0 Å². The number of ether oxygens (including phenoxy) is 1. The predicted octanol–water partition coefficient (Wildman–Crippen LogP) is 6.69. The molecule has 0 unspecified atom stereocenters. The van der Waals surface area contributed by atoms with Gasteiger partial charge in [-0.25, -0.2) is 0 Å². The van der Waals surface area contributed by atoms with Crippen molar-refractivity contribution in [1.29, 1.82) is 0 Å². The summed E-state index contributed by atoms with van der Waals surface area (Å²) in [5.74, 6) is 1.86. The molecule has 124 valence electrons. The Labute approximate surface area is 141 Å². The lowest BCUT2D eigenvalue weighted by atomic mass is 9.80. The first-order valence-corrected chi connectivity index (χ1v) is 8.38. The van der Waals surface area contributed by atoms with Crippen LogP contribution in [0.1, 0.15) is 63.8 Å². The molecule has 0 saturated carbocycles. The maximum Gasteiger partial charge on any atom is 0.130 e. The summed E-state index contributed by atoms with van der Waals surface area (Å²) >= 11 is 0. The first-order chi connectivity index (χ1) is 10.5. The fourth-order valence-electron chi connectivity index (χ4n) is 2.56. The van der Waals surface area contributed by atoms with Crippen molar-refractivity contribution < 1.29 is 4.74 Å². The van der Waals surface area contributed by atoms with Crippen LogP contribution in [-0.4, -0.2) is 0 Å². The van der Waals surface area contributed by atoms with E-state index >= 15 is 0 Å². The van der Waals surface area contributed by atoms with Crippen molar-refractivity contribution in [1.82, 2.24) is 0 Å². The van der Waals surface area contributed by atoms with Gasteiger partial charge in [-0.05, 0) is 59.6 Å². The Hall–Kier alpha value is -1.76. The van der Waals surface area contributed by atoms with Crippen molar-refractivity contribution in [3.63, 3.8) is 0 Å². The molecule has 1 heteroatoms. The van der Waals surface area contributed by atoms with Gasteiger partial charge in [-0.1, -0.05) is 65.3 Å². The number of benzene rings is 2. The highest BCUT2D eigenvalue weighted by Gasteiger charge is 2.21. The average molecular weight is 310 g/mol. The molecule has 0 saturated heterocycles. The molecule has 2 rings (SSSR count). The largest absolute Gasteiger partial charge is 0.457 e. The van der Waals surface area contributed by atoms with Crippen molar-refractivity contribution in [2.24, 2.45) is 0 Å². The second-order valence-electron chi connectivity index (χ2n) is 8.62. The molecule has 1 nitrogen and oxygen atoms in total. The Morgan fingerprint density at radius 1 is 0.696 bits per heavy atom.